The van der Waals surface area contributed by atoms with Gasteiger partial charge in [0.1, 0.15) is 0 Å². The van der Waals surface area contributed by atoms with E-state index in [1.807, 2.05) is 12.1 Å². The molecule has 0 N–H and O–H groups in total. The van der Waals surface area contributed by atoms with Crippen LogP contribution in [0.4, 0.5) is 0 Å². The van der Waals surface area contributed by atoms with Gasteiger partial charge in [0.05, 0.1) is 0 Å². The van der Waals surface area contributed by atoms with Crippen molar-refractivity contribution in [1.29, 1.82) is 0 Å². The van der Waals surface area contributed by atoms with Gasteiger partial charge in [0.25, 0.3) is 0 Å². The van der Waals surface area contributed by atoms with Gasteiger partial charge in [-0.2, -0.15) is 0 Å². The molecule has 0 amide bonds. The number of hydrogen-bond acceptors (Lipinski definition) is 3. The first-order chi connectivity index (χ1) is 17.8. The molecule has 2 aromatic carbocycles. The van der Waals surface area contributed by atoms with E-state index in [0.29, 0.717) is 0 Å². The third-order valence-corrected chi connectivity index (χ3v) is 4.13. The number of benzene rings is 2. The maximum absolute atomic E-state index is 10.1. The van der Waals surface area contributed by atoms with Crippen LogP contribution < -0.4 is 15.3 Å². The summed E-state index contributed by atoms with van der Waals surface area (Å²) in [6.07, 6.45) is 18.2. The minimum absolute atomic E-state index is 0.750. The molecule has 0 saturated carbocycles. The zero-order chi connectivity index (χ0) is 30.4. The standard InChI is InChI=1S/C18H18.C5H5.3C4H9O.Ti/c1(5-11-17-13-7-3-8-14-17)2-6-12-18-15-9-4-10-16-18;1-2-4-5-3-1;3*1-4(2,3)5;/h1-10,13-16H,11-12H2;1-3H,4H2;3*1-3H3;/q;;3*-1;+3. The Morgan fingerprint density at radius 2 is 0.923 bits per heavy atom. The van der Waals surface area contributed by atoms with E-state index >= 15 is 0 Å². The van der Waals surface area contributed by atoms with Crippen LogP contribution in [0.15, 0.2) is 107 Å². The summed E-state index contributed by atoms with van der Waals surface area (Å²) in [6, 6.07) is 21.0. The quantitative estimate of drug-likeness (QED) is 0.311. The molecule has 3 rings (SSSR count). The van der Waals surface area contributed by atoms with Crippen LogP contribution in [0.2, 0.25) is 0 Å². The van der Waals surface area contributed by atoms with E-state index in [1.165, 1.54) is 21.4 Å². The van der Waals surface area contributed by atoms with Crippen molar-refractivity contribution in [2.45, 2.75) is 98.4 Å². The van der Waals surface area contributed by atoms with Gasteiger partial charge in [0.15, 0.2) is 0 Å². The fraction of sp³-hybridized carbons (Fsp3) is 0.429. The molecule has 3 nitrogen and oxygen atoms in total. The predicted molar refractivity (Wildman–Crippen MR) is 160 cm³/mol. The Kier molecular flexibility index (Phi) is 21.9. The molecule has 1 aliphatic rings. The Morgan fingerprint density at radius 3 is 1.13 bits per heavy atom. The molecule has 39 heavy (non-hydrogen) atoms. The van der Waals surface area contributed by atoms with Gasteiger partial charge in [-0.1, -0.05) is 147 Å². The molecule has 0 unspecified atom stereocenters. The Bertz CT molecular complexity index is 857. The molecule has 0 bridgehead atoms. The second-order valence-corrected chi connectivity index (χ2v) is 12.9. The van der Waals surface area contributed by atoms with E-state index in [9.17, 15) is 15.3 Å². The first-order valence-electron chi connectivity index (χ1n) is 13.4. The van der Waals surface area contributed by atoms with Crippen LogP contribution in [0.25, 0.3) is 0 Å². The van der Waals surface area contributed by atoms with Crippen molar-refractivity contribution in [3.05, 3.63) is 118 Å². The first-order valence-corrected chi connectivity index (χ1v) is 14.2. The van der Waals surface area contributed by atoms with Gasteiger partial charge in [-0.05, 0) is 24.0 Å². The minimum atomic E-state index is -0.750. The Labute approximate surface area is 251 Å². The SMILES string of the molecule is C(C=CCc1ccccc1)=CCc1ccccc1.CC(C)(C)[O-].CC(C)(C)[O-].CC(C)(C)[O-].[Ti+3][C]1=CC=CC1. The Balaban J connectivity index is 0. The summed E-state index contributed by atoms with van der Waals surface area (Å²) in [5.74, 6) is 0. The summed E-state index contributed by atoms with van der Waals surface area (Å²) in [6.45, 7) is 14.7. The summed E-state index contributed by atoms with van der Waals surface area (Å²) >= 11 is 2.14. The Hall–Kier alpha value is -2.01. The summed E-state index contributed by atoms with van der Waals surface area (Å²) in [5, 5.41) is 30.3. The molecule has 0 heterocycles. The fourth-order valence-corrected chi connectivity index (χ4v) is 2.58. The number of rotatable bonds is 5. The summed E-state index contributed by atoms with van der Waals surface area (Å²) < 4.78 is 1.47. The average molecular weight is 567 g/mol. The van der Waals surface area contributed by atoms with E-state index in [0.717, 1.165) is 12.8 Å². The van der Waals surface area contributed by atoms with Crippen molar-refractivity contribution in [3.8, 4) is 0 Å². The third-order valence-electron chi connectivity index (χ3n) is 3.55. The molecule has 0 atom stereocenters. The molecule has 0 radical (unpaired) electrons. The summed E-state index contributed by atoms with van der Waals surface area (Å²) in [7, 11) is 0. The van der Waals surface area contributed by atoms with E-state index in [2.05, 4.69) is 111 Å². The van der Waals surface area contributed by atoms with Gasteiger partial charge >= 0.3 is 49.0 Å². The van der Waals surface area contributed by atoms with E-state index in [-0.39, 0.29) is 0 Å². The summed E-state index contributed by atoms with van der Waals surface area (Å²) in [5.41, 5.74) is 0.454. The molecule has 0 spiro atoms. The molecule has 2 aromatic rings. The van der Waals surface area contributed by atoms with Crippen molar-refractivity contribution in [2.75, 3.05) is 0 Å². The molecule has 0 fully saturated rings. The van der Waals surface area contributed by atoms with Crippen molar-refractivity contribution in [1.82, 2.24) is 0 Å². The molecular weight excluding hydrogens is 516 g/mol. The van der Waals surface area contributed by atoms with Crippen molar-refractivity contribution >= 4 is 0 Å². The van der Waals surface area contributed by atoms with E-state index in [4.69, 9.17) is 0 Å². The van der Waals surface area contributed by atoms with Gasteiger partial charge < -0.3 is 15.3 Å². The van der Waals surface area contributed by atoms with Crippen LogP contribution in [0.1, 0.15) is 79.9 Å². The molecule has 212 valence electrons. The van der Waals surface area contributed by atoms with E-state index < -0.39 is 16.8 Å². The van der Waals surface area contributed by atoms with E-state index in [1.54, 1.807) is 62.3 Å². The molecule has 0 aliphatic heterocycles. The zero-order valence-electron chi connectivity index (χ0n) is 25.7. The van der Waals surface area contributed by atoms with Crippen molar-refractivity contribution in [2.24, 2.45) is 0 Å². The Morgan fingerprint density at radius 1 is 0.615 bits per heavy atom. The average Bonchev–Trinajstić information content (AvgIpc) is 3.26. The predicted octanol–water partition coefficient (Wildman–Crippen LogP) is 6.40. The summed E-state index contributed by atoms with van der Waals surface area (Å²) in [4.78, 5) is 0. The monoisotopic (exact) mass is 566 g/mol. The van der Waals surface area contributed by atoms with Gasteiger partial charge in [-0.3, -0.25) is 0 Å². The molecule has 1 aliphatic carbocycles. The third kappa shape index (κ3) is 46.2. The molecule has 0 saturated heterocycles. The second-order valence-electron chi connectivity index (χ2n) is 11.9. The van der Waals surface area contributed by atoms with Crippen LogP contribution in [0.5, 0.6) is 0 Å². The number of hydrogen-bond donors (Lipinski definition) is 0. The molecule has 0 aromatic heterocycles. The van der Waals surface area contributed by atoms with Crippen LogP contribution in [-0.4, -0.2) is 16.8 Å². The van der Waals surface area contributed by atoms with Crippen molar-refractivity contribution < 1.29 is 35.8 Å². The van der Waals surface area contributed by atoms with Crippen LogP contribution in [0.3, 0.4) is 0 Å². The van der Waals surface area contributed by atoms with Crippen molar-refractivity contribution in [3.63, 3.8) is 0 Å². The fourth-order valence-electron chi connectivity index (χ4n) is 2.24. The first kappa shape index (κ1) is 39.1. The van der Waals surface area contributed by atoms with Gasteiger partial charge in [0, 0.05) is 0 Å². The molecular formula is C35H50O3Ti. The van der Waals surface area contributed by atoms with Gasteiger partial charge in [-0.15, -0.1) is 16.8 Å². The topological polar surface area (TPSA) is 69.2 Å². The van der Waals surface area contributed by atoms with Gasteiger partial charge in [-0.25, -0.2) is 0 Å². The maximum atomic E-state index is 10.1. The van der Waals surface area contributed by atoms with Gasteiger partial charge in [0.2, 0.25) is 0 Å². The van der Waals surface area contributed by atoms with Crippen LogP contribution >= 0.6 is 0 Å². The molecule has 4 heteroatoms. The van der Waals surface area contributed by atoms with Crippen LogP contribution in [0, 0.1) is 0 Å². The van der Waals surface area contributed by atoms with Crippen LogP contribution in [-0.2, 0) is 33.3 Å². The zero-order valence-corrected chi connectivity index (χ0v) is 27.2. The second kappa shape index (κ2) is 21.8. The normalized spacial score (nSPS) is 12.7. The number of allylic oxidation sites excluding steroid dienone is 8.